The summed E-state index contributed by atoms with van der Waals surface area (Å²) in [7, 11) is 0. The van der Waals surface area contributed by atoms with Gasteiger partial charge in [0.05, 0.1) is 12.9 Å². The highest BCUT2D eigenvalue weighted by atomic mass is 16.5. The zero-order valence-corrected chi connectivity index (χ0v) is 12.0. The van der Waals surface area contributed by atoms with Crippen LogP contribution < -0.4 is 5.32 Å². The number of carbonyl (C=O) groups is 3. The van der Waals surface area contributed by atoms with Crippen molar-refractivity contribution in [2.24, 2.45) is 0 Å². The summed E-state index contributed by atoms with van der Waals surface area (Å²) in [5.74, 6) is -0.325. The van der Waals surface area contributed by atoms with Crippen LogP contribution in [-0.2, 0) is 14.3 Å². The second kappa shape index (κ2) is 6.18. The van der Waals surface area contributed by atoms with Crippen molar-refractivity contribution < 1.29 is 23.5 Å². The molecule has 0 aliphatic carbocycles. The standard InChI is InChI=1S/C14H17N3O5/c18-12-9-21-8-10(15-12)13(19)16-3-5-17(6-4-16)14(20)11-2-1-7-22-11/h1-2,7,10H,3-6,8-9H2,(H,15,18). The fourth-order valence-electron chi connectivity index (χ4n) is 2.59. The minimum absolute atomic E-state index is 0.00476. The summed E-state index contributed by atoms with van der Waals surface area (Å²) < 4.78 is 10.2. The molecule has 3 heterocycles. The summed E-state index contributed by atoms with van der Waals surface area (Å²) in [4.78, 5) is 39.0. The van der Waals surface area contributed by atoms with Gasteiger partial charge in [0.25, 0.3) is 5.91 Å². The predicted octanol–water partition coefficient (Wildman–Crippen LogP) is -0.921. The van der Waals surface area contributed by atoms with Crippen molar-refractivity contribution in [2.45, 2.75) is 6.04 Å². The molecule has 22 heavy (non-hydrogen) atoms. The fraction of sp³-hybridized carbons (Fsp3) is 0.500. The van der Waals surface area contributed by atoms with Crippen molar-refractivity contribution >= 4 is 17.7 Å². The molecule has 2 saturated heterocycles. The van der Waals surface area contributed by atoms with Crippen LogP contribution in [0.5, 0.6) is 0 Å². The molecule has 2 fully saturated rings. The number of rotatable bonds is 2. The monoisotopic (exact) mass is 307 g/mol. The van der Waals surface area contributed by atoms with E-state index in [1.165, 1.54) is 6.26 Å². The Hall–Kier alpha value is -2.35. The van der Waals surface area contributed by atoms with Gasteiger partial charge in [-0.25, -0.2) is 0 Å². The van der Waals surface area contributed by atoms with Crippen LogP contribution in [0.2, 0.25) is 0 Å². The number of morpholine rings is 1. The molecule has 2 aliphatic heterocycles. The average molecular weight is 307 g/mol. The molecule has 0 bridgehead atoms. The maximum Gasteiger partial charge on any atom is 0.289 e. The number of carbonyl (C=O) groups excluding carboxylic acids is 3. The predicted molar refractivity (Wildman–Crippen MR) is 73.9 cm³/mol. The lowest BCUT2D eigenvalue weighted by Gasteiger charge is -2.36. The summed E-state index contributed by atoms with van der Waals surface area (Å²) in [6.07, 6.45) is 1.46. The first-order chi connectivity index (χ1) is 10.6. The maximum atomic E-state index is 12.3. The number of amides is 3. The Labute approximate surface area is 127 Å². The van der Waals surface area contributed by atoms with E-state index >= 15 is 0 Å². The van der Waals surface area contributed by atoms with Gasteiger partial charge in [0.1, 0.15) is 12.6 Å². The van der Waals surface area contributed by atoms with Gasteiger partial charge in [0.2, 0.25) is 11.8 Å². The molecule has 8 heteroatoms. The van der Waals surface area contributed by atoms with Crippen molar-refractivity contribution in [2.75, 3.05) is 39.4 Å². The van der Waals surface area contributed by atoms with E-state index in [-0.39, 0.29) is 30.9 Å². The summed E-state index contributed by atoms with van der Waals surface area (Å²) >= 11 is 0. The van der Waals surface area contributed by atoms with E-state index in [1.54, 1.807) is 21.9 Å². The molecule has 1 unspecified atom stereocenters. The van der Waals surface area contributed by atoms with E-state index in [4.69, 9.17) is 9.15 Å². The van der Waals surface area contributed by atoms with Gasteiger partial charge in [-0.1, -0.05) is 0 Å². The SMILES string of the molecule is O=C1COCC(C(=O)N2CCN(C(=O)c3ccco3)CC2)N1. The highest BCUT2D eigenvalue weighted by Crippen LogP contribution is 2.11. The molecule has 0 aromatic carbocycles. The molecule has 0 saturated carbocycles. The Morgan fingerprint density at radius 1 is 1.18 bits per heavy atom. The van der Waals surface area contributed by atoms with Crippen LogP contribution >= 0.6 is 0 Å². The zero-order valence-electron chi connectivity index (χ0n) is 12.0. The van der Waals surface area contributed by atoms with Crippen molar-refractivity contribution in [1.82, 2.24) is 15.1 Å². The molecule has 0 spiro atoms. The molecule has 1 aromatic heterocycles. The van der Waals surface area contributed by atoms with Gasteiger partial charge in [0.15, 0.2) is 5.76 Å². The average Bonchev–Trinajstić information content (AvgIpc) is 3.08. The second-order valence-electron chi connectivity index (χ2n) is 5.23. The molecule has 3 amide bonds. The first kappa shape index (κ1) is 14.6. The van der Waals surface area contributed by atoms with Gasteiger partial charge in [-0.3, -0.25) is 14.4 Å². The van der Waals surface area contributed by atoms with Crippen LogP contribution in [0, 0.1) is 0 Å². The summed E-state index contributed by atoms with van der Waals surface area (Å²) in [6, 6.07) is 2.65. The van der Waals surface area contributed by atoms with Gasteiger partial charge < -0.3 is 24.3 Å². The quantitative estimate of drug-likeness (QED) is 0.763. The van der Waals surface area contributed by atoms with Crippen LogP contribution in [0.3, 0.4) is 0 Å². The minimum atomic E-state index is -0.631. The van der Waals surface area contributed by atoms with Crippen LogP contribution in [0.15, 0.2) is 22.8 Å². The highest BCUT2D eigenvalue weighted by molar-refractivity contribution is 5.92. The number of furan rings is 1. The third-order valence-electron chi connectivity index (χ3n) is 3.76. The fourth-order valence-corrected chi connectivity index (χ4v) is 2.59. The van der Waals surface area contributed by atoms with Gasteiger partial charge in [-0.05, 0) is 12.1 Å². The molecular weight excluding hydrogens is 290 g/mol. The largest absolute Gasteiger partial charge is 0.459 e. The van der Waals surface area contributed by atoms with Crippen molar-refractivity contribution in [3.8, 4) is 0 Å². The zero-order chi connectivity index (χ0) is 15.5. The minimum Gasteiger partial charge on any atom is -0.459 e. The van der Waals surface area contributed by atoms with Crippen LogP contribution in [0.4, 0.5) is 0 Å². The Morgan fingerprint density at radius 2 is 1.91 bits per heavy atom. The molecule has 8 nitrogen and oxygen atoms in total. The third kappa shape index (κ3) is 2.96. The Balaban J connectivity index is 1.54. The number of nitrogens with zero attached hydrogens (tertiary/aromatic N) is 2. The molecule has 118 valence electrons. The normalized spacial score (nSPS) is 22.4. The van der Waals surface area contributed by atoms with E-state index in [1.807, 2.05) is 0 Å². The number of piperazine rings is 1. The van der Waals surface area contributed by atoms with Crippen LogP contribution in [-0.4, -0.2) is 73.0 Å². The maximum absolute atomic E-state index is 12.3. The number of ether oxygens (including phenoxy) is 1. The van der Waals surface area contributed by atoms with E-state index in [2.05, 4.69) is 5.32 Å². The van der Waals surface area contributed by atoms with E-state index in [0.29, 0.717) is 31.9 Å². The molecule has 1 atom stereocenters. The lowest BCUT2D eigenvalue weighted by molar-refractivity contribution is -0.145. The van der Waals surface area contributed by atoms with Crippen LogP contribution in [0.25, 0.3) is 0 Å². The molecule has 1 aromatic rings. The van der Waals surface area contributed by atoms with Gasteiger partial charge in [-0.2, -0.15) is 0 Å². The van der Waals surface area contributed by atoms with E-state index in [9.17, 15) is 14.4 Å². The summed E-state index contributed by atoms with van der Waals surface area (Å²) in [5, 5.41) is 2.62. The highest BCUT2D eigenvalue weighted by Gasteiger charge is 2.32. The van der Waals surface area contributed by atoms with Gasteiger partial charge >= 0.3 is 0 Å². The van der Waals surface area contributed by atoms with Crippen LogP contribution in [0.1, 0.15) is 10.6 Å². The lowest BCUT2D eigenvalue weighted by Crippen LogP contribution is -2.59. The number of hydrogen-bond acceptors (Lipinski definition) is 5. The second-order valence-corrected chi connectivity index (χ2v) is 5.23. The summed E-state index contributed by atoms with van der Waals surface area (Å²) in [5.41, 5.74) is 0. The number of nitrogens with one attached hydrogen (secondary N) is 1. The van der Waals surface area contributed by atoms with E-state index < -0.39 is 6.04 Å². The van der Waals surface area contributed by atoms with Gasteiger partial charge in [0, 0.05) is 26.2 Å². The third-order valence-corrected chi connectivity index (χ3v) is 3.76. The Kier molecular flexibility index (Phi) is 4.10. The molecule has 3 rings (SSSR count). The first-order valence-corrected chi connectivity index (χ1v) is 7.14. The van der Waals surface area contributed by atoms with Gasteiger partial charge in [-0.15, -0.1) is 0 Å². The van der Waals surface area contributed by atoms with Crippen molar-refractivity contribution in [3.05, 3.63) is 24.2 Å². The Morgan fingerprint density at radius 3 is 2.55 bits per heavy atom. The molecular formula is C14H17N3O5. The van der Waals surface area contributed by atoms with Crippen molar-refractivity contribution in [1.29, 1.82) is 0 Å². The molecule has 0 radical (unpaired) electrons. The smallest absolute Gasteiger partial charge is 0.289 e. The Bertz CT molecular complexity index is 563. The summed E-state index contributed by atoms with van der Waals surface area (Å²) in [6.45, 7) is 1.92. The number of hydrogen-bond donors (Lipinski definition) is 1. The topological polar surface area (TPSA) is 92.1 Å². The molecule has 1 N–H and O–H groups in total. The first-order valence-electron chi connectivity index (χ1n) is 7.14. The van der Waals surface area contributed by atoms with E-state index in [0.717, 1.165) is 0 Å². The van der Waals surface area contributed by atoms with Crippen molar-refractivity contribution in [3.63, 3.8) is 0 Å². The lowest BCUT2D eigenvalue weighted by atomic mass is 10.2. The molecule has 2 aliphatic rings.